The van der Waals surface area contributed by atoms with Gasteiger partial charge in [-0.1, -0.05) is 31.6 Å². The molecule has 1 heterocycles. The van der Waals surface area contributed by atoms with Crippen LogP contribution in [0.3, 0.4) is 0 Å². The lowest BCUT2D eigenvalue weighted by Crippen LogP contribution is -2.53. The molecule has 0 aromatic carbocycles. The molecule has 29 heavy (non-hydrogen) atoms. The summed E-state index contributed by atoms with van der Waals surface area (Å²) >= 11 is 0. The van der Waals surface area contributed by atoms with E-state index in [-0.39, 0.29) is 5.41 Å². The minimum absolute atomic E-state index is 0.138. The van der Waals surface area contributed by atoms with Gasteiger partial charge in [0.2, 0.25) is 0 Å². The Hall–Kier alpha value is -1.49. The molecule has 5 nitrogen and oxygen atoms in total. The third kappa shape index (κ3) is 2.72. The summed E-state index contributed by atoms with van der Waals surface area (Å²) in [5.41, 5.74) is 1.20. The molecule has 4 aliphatic rings. The van der Waals surface area contributed by atoms with Gasteiger partial charge in [0, 0.05) is 18.4 Å². The molecular formula is C24H35N3O2. The molecule has 0 radical (unpaired) electrons. The molecule has 5 unspecified atom stereocenters. The number of fused-ring (bicyclic) bond motifs is 5. The van der Waals surface area contributed by atoms with Crippen LogP contribution in [0.4, 0.5) is 0 Å². The highest BCUT2D eigenvalue weighted by Gasteiger charge is 2.64. The van der Waals surface area contributed by atoms with Crippen LogP contribution in [0.2, 0.25) is 0 Å². The van der Waals surface area contributed by atoms with Crippen molar-refractivity contribution < 1.29 is 9.90 Å². The summed E-state index contributed by atoms with van der Waals surface area (Å²) < 4.78 is 1.88. The molecule has 7 atom stereocenters. The summed E-state index contributed by atoms with van der Waals surface area (Å²) in [6.45, 7) is 7.69. The quantitative estimate of drug-likeness (QED) is 0.827. The van der Waals surface area contributed by atoms with Crippen molar-refractivity contribution in [2.45, 2.75) is 84.3 Å². The number of aliphatic hydroxyl groups is 1. The van der Waals surface area contributed by atoms with Crippen molar-refractivity contribution in [1.82, 2.24) is 15.0 Å². The molecule has 158 valence electrons. The highest BCUT2D eigenvalue weighted by molar-refractivity contribution is 5.91. The standard InChI is InChI=1S/C24H35N3O2/c1-4-11-27-14-21(25-26-27)24(29)10-8-20-22-15(2)12-16-13-17(28)5-6-18(16)19(22)7-9-23(20,24)3/h13-15,18-20,22,29H,4-12H2,1-3H3/t15?,18?,19?,20?,22?,23-,24+/m0/s1. The Bertz CT molecular complexity index is 845. The second kappa shape index (κ2) is 6.76. The van der Waals surface area contributed by atoms with E-state index in [9.17, 15) is 9.90 Å². The Balaban J connectivity index is 1.47. The van der Waals surface area contributed by atoms with Crippen molar-refractivity contribution in [3.05, 3.63) is 23.5 Å². The molecule has 0 amide bonds. The van der Waals surface area contributed by atoms with Crippen LogP contribution in [0, 0.1) is 35.0 Å². The number of hydrogen-bond acceptors (Lipinski definition) is 4. The van der Waals surface area contributed by atoms with Gasteiger partial charge < -0.3 is 5.11 Å². The van der Waals surface area contributed by atoms with Crippen LogP contribution in [-0.4, -0.2) is 25.9 Å². The molecule has 3 saturated carbocycles. The van der Waals surface area contributed by atoms with Gasteiger partial charge in [0.05, 0.1) is 6.20 Å². The van der Waals surface area contributed by atoms with Gasteiger partial charge in [-0.3, -0.25) is 9.48 Å². The molecule has 0 saturated heterocycles. The fraction of sp³-hybridized carbons (Fsp3) is 0.792. The van der Waals surface area contributed by atoms with Crippen LogP contribution < -0.4 is 0 Å². The average molecular weight is 398 g/mol. The van der Waals surface area contributed by atoms with Crippen LogP contribution in [0.1, 0.15) is 77.8 Å². The minimum atomic E-state index is -0.868. The minimum Gasteiger partial charge on any atom is -0.383 e. The van der Waals surface area contributed by atoms with Gasteiger partial charge in [-0.25, -0.2) is 0 Å². The zero-order valence-corrected chi connectivity index (χ0v) is 18.1. The zero-order chi connectivity index (χ0) is 20.4. The van der Waals surface area contributed by atoms with Gasteiger partial charge in [0.15, 0.2) is 5.78 Å². The maximum Gasteiger partial charge on any atom is 0.155 e. The maximum atomic E-state index is 12.0. The van der Waals surface area contributed by atoms with Gasteiger partial charge in [-0.05, 0) is 80.6 Å². The summed E-state index contributed by atoms with van der Waals surface area (Å²) in [6.07, 6.45) is 11.9. The third-order valence-electron chi connectivity index (χ3n) is 9.21. The van der Waals surface area contributed by atoms with Gasteiger partial charge in [-0.2, -0.15) is 0 Å². The number of hydrogen-bond donors (Lipinski definition) is 1. The van der Waals surface area contributed by atoms with Crippen molar-refractivity contribution in [2.75, 3.05) is 0 Å². The van der Waals surface area contributed by atoms with Gasteiger partial charge in [0.1, 0.15) is 11.3 Å². The predicted octanol–water partition coefficient (Wildman–Crippen LogP) is 4.26. The van der Waals surface area contributed by atoms with Crippen molar-refractivity contribution in [2.24, 2.45) is 35.0 Å². The van der Waals surface area contributed by atoms with E-state index < -0.39 is 5.60 Å². The summed E-state index contributed by atoms with van der Waals surface area (Å²) in [4.78, 5) is 12.0. The molecule has 5 heteroatoms. The zero-order valence-electron chi connectivity index (χ0n) is 18.1. The first-order valence-electron chi connectivity index (χ1n) is 11.7. The molecule has 1 aromatic heterocycles. The first kappa shape index (κ1) is 19.5. The first-order chi connectivity index (χ1) is 13.9. The summed E-state index contributed by atoms with van der Waals surface area (Å²) in [5, 5.41) is 20.7. The molecule has 1 aromatic rings. The van der Waals surface area contributed by atoms with Gasteiger partial charge >= 0.3 is 0 Å². The molecule has 1 N–H and O–H groups in total. The fourth-order valence-electron chi connectivity index (χ4n) is 7.85. The highest BCUT2D eigenvalue weighted by Crippen LogP contribution is 2.68. The number of carbonyl (C=O) groups is 1. The van der Waals surface area contributed by atoms with Gasteiger partial charge in [-0.15, -0.1) is 5.10 Å². The summed E-state index contributed by atoms with van der Waals surface area (Å²) in [6, 6.07) is 0. The Kier molecular flexibility index (Phi) is 4.54. The third-order valence-corrected chi connectivity index (χ3v) is 9.21. The smallest absolute Gasteiger partial charge is 0.155 e. The lowest BCUT2D eigenvalue weighted by molar-refractivity contribution is -0.134. The number of allylic oxidation sites excluding steroid dienone is 1. The number of aromatic nitrogens is 3. The van der Waals surface area contributed by atoms with Crippen LogP contribution >= 0.6 is 0 Å². The van der Waals surface area contributed by atoms with Crippen molar-refractivity contribution in [3.63, 3.8) is 0 Å². The Morgan fingerprint density at radius 1 is 1.28 bits per heavy atom. The maximum absolute atomic E-state index is 12.0. The van der Waals surface area contributed by atoms with Crippen LogP contribution in [-0.2, 0) is 16.9 Å². The highest BCUT2D eigenvalue weighted by atomic mass is 16.3. The Morgan fingerprint density at radius 2 is 2.10 bits per heavy atom. The molecular weight excluding hydrogens is 362 g/mol. The van der Waals surface area contributed by atoms with Crippen molar-refractivity contribution >= 4 is 5.78 Å². The monoisotopic (exact) mass is 397 g/mol. The predicted molar refractivity (Wildman–Crippen MR) is 111 cm³/mol. The Morgan fingerprint density at radius 3 is 2.90 bits per heavy atom. The number of nitrogens with zero attached hydrogens (tertiary/aromatic N) is 3. The summed E-state index contributed by atoms with van der Waals surface area (Å²) in [5.74, 6) is 3.34. The average Bonchev–Trinajstić information content (AvgIpc) is 3.26. The number of carbonyl (C=O) groups excluding carboxylic acids is 1. The number of rotatable bonds is 3. The fourth-order valence-corrected chi connectivity index (χ4v) is 7.85. The number of ketones is 1. The van der Waals surface area contributed by atoms with E-state index in [0.29, 0.717) is 35.4 Å². The second-order valence-corrected chi connectivity index (χ2v) is 10.6. The normalized spacial score (nSPS) is 44.1. The van der Waals surface area contributed by atoms with Crippen molar-refractivity contribution in [1.29, 1.82) is 0 Å². The largest absolute Gasteiger partial charge is 0.383 e. The Labute approximate surface area is 173 Å². The summed E-state index contributed by atoms with van der Waals surface area (Å²) in [7, 11) is 0. The second-order valence-electron chi connectivity index (χ2n) is 10.6. The van der Waals surface area contributed by atoms with Crippen LogP contribution in [0.25, 0.3) is 0 Å². The van der Waals surface area contributed by atoms with Crippen LogP contribution in [0.15, 0.2) is 17.8 Å². The lowest BCUT2D eigenvalue weighted by Gasteiger charge is -2.57. The van der Waals surface area contributed by atoms with E-state index in [1.807, 2.05) is 17.0 Å². The van der Waals surface area contributed by atoms with E-state index in [1.165, 1.54) is 5.57 Å². The van der Waals surface area contributed by atoms with E-state index in [2.05, 4.69) is 31.1 Å². The molecule has 3 fully saturated rings. The van der Waals surface area contributed by atoms with E-state index in [0.717, 1.165) is 63.6 Å². The molecule has 0 aliphatic heterocycles. The number of aryl methyl sites for hydroxylation is 1. The van der Waals surface area contributed by atoms with Crippen molar-refractivity contribution in [3.8, 4) is 0 Å². The molecule has 0 spiro atoms. The SMILES string of the molecule is CCCn1cc([C@]2(O)CCC3C4C(C)CC5=CC(=O)CCC5C4CC[C@@]32C)nn1. The van der Waals surface area contributed by atoms with Gasteiger partial charge in [0.25, 0.3) is 0 Å². The molecule has 4 aliphatic carbocycles. The van der Waals surface area contributed by atoms with Crippen LogP contribution in [0.5, 0.6) is 0 Å². The lowest BCUT2D eigenvalue weighted by atomic mass is 9.48. The topological polar surface area (TPSA) is 68.0 Å². The van der Waals surface area contributed by atoms with E-state index in [1.54, 1.807) is 0 Å². The first-order valence-corrected chi connectivity index (χ1v) is 11.7. The van der Waals surface area contributed by atoms with E-state index >= 15 is 0 Å². The van der Waals surface area contributed by atoms with E-state index in [4.69, 9.17) is 0 Å². The molecule has 0 bridgehead atoms. The molecule has 5 rings (SSSR count).